The van der Waals surface area contributed by atoms with Crippen molar-refractivity contribution in [3.05, 3.63) is 11.6 Å². The Morgan fingerprint density at radius 3 is 2.64 bits per heavy atom. The lowest BCUT2D eigenvalue weighted by atomic mass is 9.98. The van der Waals surface area contributed by atoms with E-state index < -0.39 is 0 Å². The van der Waals surface area contributed by atoms with Crippen LogP contribution in [0.15, 0.2) is 11.6 Å². The summed E-state index contributed by atoms with van der Waals surface area (Å²) in [6, 6.07) is 0.831. The topological polar surface area (TPSA) is 3.01 Å². The molecule has 0 aromatic heterocycles. The first-order chi connectivity index (χ1) is 5.16. The summed E-state index contributed by atoms with van der Waals surface area (Å²) in [5.74, 6) is 0.764. The minimum atomic E-state index is 0.764. The van der Waals surface area contributed by atoms with Crippen molar-refractivity contribution >= 4 is 0 Å². The second-order valence-corrected chi connectivity index (χ2v) is 3.65. The van der Waals surface area contributed by atoms with Gasteiger partial charge in [-0.3, -0.25) is 4.90 Å². The van der Waals surface area contributed by atoms with Gasteiger partial charge >= 0.3 is 0 Å². The van der Waals surface area contributed by atoms with Crippen LogP contribution in [0.4, 0.5) is 0 Å². The molecule has 64 valence electrons. The molecule has 1 nitrogen and oxygen atoms in total. The highest BCUT2D eigenvalue weighted by Gasteiger charge is 2.34. The van der Waals surface area contributed by atoms with E-state index in [-0.39, 0.29) is 0 Å². The zero-order valence-electron chi connectivity index (χ0n) is 8.09. The fourth-order valence-electron chi connectivity index (χ4n) is 1.60. The molecule has 0 N–H and O–H groups in total. The van der Waals surface area contributed by atoms with Crippen molar-refractivity contribution in [2.75, 3.05) is 13.6 Å². The number of rotatable bonds is 3. The number of allylic oxidation sites excluding steroid dienone is 1. The monoisotopic (exact) mass is 153 g/mol. The Kier molecular flexibility index (Phi) is 2.72. The average molecular weight is 153 g/mol. The lowest BCUT2D eigenvalue weighted by Crippen LogP contribution is -2.08. The van der Waals surface area contributed by atoms with Gasteiger partial charge in [0.1, 0.15) is 0 Å². The molecule has 1 heterocycles. The predicted octanol–water partition coefficient (Wildman–Crippen LogP) is 2.29. The first-order valence-electron chi connectivity index (χ1n) is 4.53. The smallest absolute Gasteiger partial charge is 0.0283 e. The van der Waals surface area contributed by atoms with E-state index in [0.29, 0.717) is 0 Å². The molecule has 0 aromatic rings. The molecule has 0 aromatic carbocycles. The fourth-order valence-corrected chi connectivity index (χ4v) is 1.60. The maximum atomic E-state index is 2.40. The molecule has 1 heteroatoms. The summed E-state index contributed by atoms with van der Waals surface area (Å²) in [5, 5.41) is 0. The average Bonchev–Trinajstić information content (AvgIpc) is 2.66. The summed E-state index contributed by atoms with van der Waals surface area (Å²) >= 11 is 0. The fraction of sp³-hybridized carbons (Fsp3) is 0.800. The molecule has 0 amide bonds. The normalized spacial score (nSPS) is 33.6. The van der Waals surface area contributed by atoms with Gasteiger partial charge < -0.3 is 0 Å². The van der Waals surface area contributed by atoms with E-state index >= 15 is 0 Å². The predicted molar refractivity (Wildman–Crippen MR) is 49.6 cm³/mol. The van der Waals surface area contributed by atoms with Crippen LogP contribution in [-0.2, 0) is 0 Å². The van der Waals surface area contributed by atoms with Gasteiger partial charge in [-0.15, -0.1) is 0 Å². The third-order valence-corrected chi connectivity index (χ3v) is 2.73. The number of nitrogens with zero attached hydrogens (tertiary/aromatic N) is 1. The molecule has 0 saturated carbocycles. The summed E-state index contributed by atoms with van der Waals surface area (Å²) in [5.41, 5.74) is 1.56. The molecule has 1 aliphatic rings. The molecule has 1 aliphatic heterocycles. The first kappa shape index (κ1) is 8.79. The lowest BCUT2D eigenvalue weighted by molar-refractivity contribution is 0.523. The van der Waals surface area contributed by atoms with Crippen molar-refractivity contribution in [2.24, 2.45) is 5.92 Å². The highest BCUT2D eigenvalue weighted by molar-refractivity contribution is 5.09. The Morgan fingerprint density at radius 1 is 1.73 bits per heavy atom. The van der Waals surface area contributed by atoms with Gasteiger partial charge in [-0.1, -0.05) is 25.5 Å². The van der Waals surface area contributed by atoms with Gasteiger partial charge in [0.25, 0.3) is 0 Å². The summed E-state index contributed by atoms with van der Waals surface area (Å²) < 4.78 is 0. The van der Waals surface area contributed by atoms with Crippen LogP contribution < -0.4 is 0 Å². The van der Waals surface area contributed by atoms with Crippen molar-refractivity contribution in [1.82, 2.24) is 4.90 Å². The molecular weight excluding hydrogens is 134 g/mol. The van der Waals surface area contributed by atoms with Crippen LogP contribution in [0.5, 0.6) is 0 Å². The largest absolute Gasteiger partial charge is 0.300 e. The molecule has 3 unspecified atom stereocenters. The molecule has 0 spiro atoms. The molecule has 11 heavy (non-hydrogen) atoms. The van der Waals surface area contributed by atoms with Gasteiger partial charge in [-0.25, -0.2) is 0 Å². The van der Waals surface area contributed by atoms with Crippen molar-refractivity contribution in [1.29, 1.82) is 0 Å². The van der Waals surface area contributed by atoms with Crippen molar-refractivity contribution in [3.8, 4) is 0 Å². The molecule has 1 fully saturated rings. The zero-order valence-corrected chi connectivity index (χ0v) is 8.09. The van der Waals surface area contributed by atoms with Gasteiger partial charge in [0.2, 0.25) is 0 Å². The standard InChI is InChI=1S/C10H19N/c1-5-6-8(2)9(3)10-7-11(10)4/h6,9-10H,5,7H2,1-4H3/b8-6-. The Bertz CT molecular complexity index is 160. The molecule has 1 saturated heterocycles. The van der Waals surface area contributed by atoms with Crippen LogP contribution in [0, 0.1) is 5.92 Å². The van der Waals surface area contributed by atoms with Crippen LogP contribution in [0.2, 0.25) is 0 Å². The van der Waals surface area contributed by atoms with Crippen molar-refractivity contribution < 1.29 is 0 Å². The van der Waals surface area contributed by atoms with Crippen LogP contribution in [0.3, 0.4) is 0 Å². The summed E-state index contributed by atoms with van der Waals surface area (Å²) in [6.07, 6.45) is 3.52. The molecule has 1 rings (SSSR count). The summed E-state index contributed by atoms with van der Waals surface area (Å²) in [7, 11) is 2.19. The first-order valence-corrected chi connectivity index (χ1v) is 4.53. The van der Waals surface area contributed by atoms with Crippen LogP contribution in [0.1, 0.15) is 27.2 Å². The summed E-state index contributed by atoms with van der Waals surface area (Å²) in [4.78, 5) is 2.40. The maximum absolute atomic E-state index is 2.40. The van der Waals surface area contributed by atoms with Gasteiger partial charge in [0.05, 0.1) is 0 Å². The molecule has 0 aliphatic carbocycles. The van der Waals surface area contributed by atoms with Crippen LogP contribution in [-0.4, -0.2) is 24.5 Å². The maximum Gasteiger partial charge on any atom is 0.0283 e. The zero-order chi connectivity index (χ0) is 8.43. The van der Waals surface area contributed by atoms with E-state index in [2.05, 4.69) is 38.8 Å². The molecular formula is C10H19N. The summed E-state index contributed by atoms with van der Waals surface area (Å²) in [6.45, 7) is 8.07. The van der Waals surface area contributed by atoms with E-state index in [1.807, 2.05) is 0 Å². The van der Waals surface area contributed by atoms with E-state index in [0.717, 1.165) is 12.0 Å². The lowest BCUT2D eigenvalue weighted by Gasteiger charge is -2.10. The Morgan fingerprint density at radius 2 is 2.27 bits per heavy atom. The van der Waals surface area contributed by atoms with E-state index in [9.17, 15) is 0 Å². The minimum absolute atomic E-state index is 0.764. The third kappa shape index (κ3) is 2.06. The second kappa shape index (κ2) is 3.40. The van der Waals surface area contributed by atoms with Gasteiger partial charge in [0, 0.05) is 12.6 Å². The third-order valence-electron chi connectivity index (χ3n) is 2.73. The van der Waals surface area contributed by atoms with E-state index in [1.54, 1.807) is 5.57 Å². The highest BCUT2D eigenvalue weighted by Crippen LogP contribution is 2.28. The van der Waals surface area contributed by atoms with Crippen molar-refractivity contribution in [3.63, 3.8) is 0 Å². The molecule has 3 atom stereocenters. The van der Waals surface area contributed by atoms with Gasteiger partial charge in [0.15, 0.2) is 0 Å². The number of likely N-dealkylation sites (N-methyl/N-ethyl adjacent to an activating group) is 1. The highest BCUT2D eigenvalue weighted by atomic mass is 15.3. The molecule has 0 bridgehead atoms. The Labute approximate surface area is 70.1 Å². The number of hydrogen-bond acceptors (Lipinski definition) is 1. The van der Waals surface area contributed by atoms with E-state index in [4.69, 9.17) is 0 Å². The van der Waals surface area contributed by atoms with Gasteiger partial charge in [-0.05, 0) is 26.3 Å². The van der Waals surface area contributed by atoms with E-state index in [1.165, 1.54) is 13.0 Å². The minimum Gasteiger partial charge on any atom is -0.300 e. The molecule has 0 radical (unpaired) electrons. The van der Waals surface area contributed by atoms with Crippen LogP contribution >= 0.6 is 0 Å². The van der Waals surface area contributed by atoms with Gasteiger partial charge in [-0.2, -0.15) is 0 Å². The van der Waals surface area contributed by atoms with Crippen molar-refractivity contribution in [2.45, 2.75) is 33.2 Å². The Balaban J connectivity index is 2.41. The SMILES string of the molecule is CC/C=C(/C)C(C)C1CN1C. The second-order valence-electron chi connectivity index (χ2n) is 3.65. The number of hydrogen-bond donors (Lipinski definition) is 0. The quantitative estimate of drug-likeness (QED) is 0.444. The Hall–Kier alpha value is -0.300. The van der Waals surface area contributed by atoms with Crippen LogP contribution in [0.25, 0.3) is 0 Å².